The van der Waals surface area contributed by atoms with Gasteiger partial charge in [0.25, 0.3) is 0 Å². The van der Waals surface area contributed by atoms with E-state index in [0.29, 0.717) is 17.0 Å². The number of hydrogen-bond donors (Lipinski definition) is 1. The smallest absolute Gasteiger partial charge is 0.324 e. The van der Waals surface area contributed by atoms with Gasteiger partial charge in [0.15, 0.2) is 5.58 Å². The van der Waals surface area contributed by atoms with Crippen molar-refractivity contribution < 1.29 is 35.6 Å². The number of piperazine rings is 1. The summed E-state index contributed by atoms with van der Waals surface area (Å²) in [5.41, 5.74) is 1.27. The van der Waals surface area contributed by atoms with Crippen LogP contribution in [0.4, 0.5) is 0 Å². The van der Waals surface area contributed by atoms with Crippen LogP contribution in [0.2, 0.25) is 0 Å². The van der Waals surface area contributed by atoms with Crippen molar-refractivity contribution in [3.8, 4) is 5.75 Å². The fourth-order valence-electron chi connectivity index (χ4n) is 4.03. The van der Waals surface area contributed by atoms with Gasteiger partial charge in [0, 0.05) is 38.1 Å². The first-order chi connectivity index (χ1) is 17.6. The van der Waals surface area contributed by atoms with Crippen molar-refractivity contribution in [2.75, 3.05) is 46.1 Å². The van der Waals surface area contributed by atoms with Gasteiger partial charge in [0.1, 0.15) is 24.1 Å². The van der Waals surface area contributed by atoms with Gasteiger partial charge in [-0.25, -0.2) is 21.6 Å². The summed E-state index contributed by atoms with van der Waals surface area (Å²) in [4.78, 5) is 14.1. The first kappa shape index (κ1) is 27.0. The summed E-state index contributed by atoms with van der Waals surface area (Å²) in [6.07, 6.45) is 1.13. The highest BCUT2D eigenvalue weighted by Crippen LogP contribution is 2.21. The molecule has 2 heterocycles. The van der Waals surface area contributed by atoms with Crippen molar-refractivity contribution in [1.82, 2.24) is 19.1 Å². The second kappa shape index (κ2) is 11.1. The molecule has 1 fully saturated rings. The van der Waals surface area contributed by atoms with E-state index >= 15 is 0 Å². The summed E-state index contributed by atoms with van der Waals surface area (Å²) in [5.74, 6) is -0.165. The molecule has 0 aliphatic carbocycles. The Morgan fingerprint density at radius 1 is 1.05 bits per heavy atom. The topological polar surface area (TPSA) is 148 Å². The molecule has 0 spiro atoms. The lowest BCUT2D eigenvalue weighted by Gasteiger charge is -2.36. The van der Waals surface area contributed by atoms with E-state index in [2.05, 4.69) is 9.88 Å². The number of nitrogens with zero attached hydrogens (tertiary/aromatic N) is 3. The lowest BCUT2D eigenvalue weighted by molar-refractivity contribution is -0.147. The van der Waals surface area contributed by atoms with Crippen LogP contribution in [0.3, 0.4) is 0 Å². The standard InChI is InChI=1S/C23H28N4O8S2/c1-33-23(28)21(26-11-13-27(14-12-26)36(2,29)30)15-24-37(31,32)18-9-7-17(8-10-18)34-16-20-19-5-3-4-6-22(19)35-25-20/h3-10,21,24H,11-16H2,1-2H3/t21-/m0/s1. The van der Waals surface area contributed by atoms with Crippen molar-refractivity contribution in [3.63, 3.8) is 0 Å². The van der Waals surface area contributed by atoms with Crippen LogP contribution in [0.15, 0.2) is 57.9 Å². The van der Waals surface area contributed by atoms with Crippen LogP contribution in [0.25, 0.3) is 11.0 Å². The molecule has 37 heavy (non-hydrogen) atoms. The van der Waals surface area contributed by atoms with Gasteiger partial charge in [-0.1, -0.05) is 17.3 Å². The molecule has 3 aromatic rings. The number of methoxy groups -OCH3 is 1. The maximum absolute atomic E-state index is 12.9. The average molecular weight is 553 g/mol. The third-order valence-corrected chi connectivity index (χ3v) is 8.83. The molecule has 0 radical (unpaired) electrons. The van der Waals surface area contributed by atoms with Gasteiger partial charge in [-0.15, -0.1) is 0 Å². The Hall–Kier alpha value is -3.04. The molecule has 1 aliphatic heterocycles. The normalized spacial score (nSPS) is 16.5. The fraction of sp³-hybridized carbons (Fsp3) is 0.391. The minimum Gasteiger partial charge on any atom is -0.487 e. The van der Waals surface area contributed by atoms with E-state index in [4.69, 9.17) is 14.0 Å². The number of carbonyl (C=O) groups excluding carboxylic acids is 1. The lowest BCUT2D eigenvalue weighted by Crippen LogP contribution is -2.56. The highest BCUT2D eigenvalue weighted by Gasteiger charge is 2.33. The molecule has 12 nitrogen and oxygen atoms in total. The van der Waals surface area contributed by atoms with Crippen LogP contribution in [-0.4, -0.2) is 89.3 Å². The number of nitrogens with one attached hydrogen (secondary N) is 1. The summed E-state index contributed by atoms with van der Waals surface area (Å²) >= 11 is 0. The molecule has 1 aliphatic rings. The average Bonchev–Trinajstić information content (AvgIpc) is 3.30. The number of rotatable bonds is 10. The highest BCUT2D eigenvalue weighted by atomic mass is 32.2. The maximum atomic E-state index is 12.9. The number of carbonyl (C=O) groups is 1. The van der Waals surface area contributed by atoms with Crippen molar-refractivity contribution in [2.24, 2.45) is 0 Å². The third-order valence-electron chi connectivity index (χ3n) is 6.08. The van der Waals surface area contributed by atoms with Gasteiger partial charge in [-0.3, -0.25) is 9.69 Å². The monoisotopic (exact) mass is 552 g/mol. The highest BCUT2D eigenvalue weighted by molar-refractivity contribution is 7.89. The second-order valence-electron chi connectivity index (χ2n) is 8.47. The SMILES string of the molecule is COC(=O)[C@H](CNS(=O)(=O)c1ccc(OCc2noc3ccccc23)cc1)N1CCN(S(C)(=O)=O)CC1. The van der Waals surface area contributed by atoms with Crippen LogP contribution < -0.4 is 9.46 Å². The predicted octanol–water partition coefficient (Wildman–Crippen LogP) is 0.804. The number of ether oxygens (including phenoxy) is 2. The molecule has 14 heteroatoms. The first-order valence-corrected chi connectivity index (χ1v) is 14.7. The second-order valence-corrected chi connectivity index (χ2v) is 12.2. The molecule has 2 aromatic carbocycles. The first-order valence-electron chi connectivity index (χ1n) is 11.4. The Balaban J connectivity index is 1.36. The predicted molar refractivity (Wildman–Crippen MR) is 134 cm³/mol. The summed E-state index contributed by atoms with van der Waals surface area (Å²) in [5, 5.41) is 4.84. The van der Waals surface area contributed by atoms with E-state index in [9.17, 15) is 21.6 Å². The number of sulfonamides is 2. The third kappa shape index (κ3) is 6.45. The van der Waals surface area contributed by atoms with E-state index < -0.39 is 32.1 Å². The Morgan fingerprint density at radius 3 is 2.38 bits per heavy atom. The van der Waals surface area contributed by atoms with Gasteiger partial charge >= 0.3 is 5.97 Å². The van der Waals surface area contributed by atoms with E-state index in [0.717, 1.165) is 11.6 Å². The molecule has 0 amide bonds. The zero-order valence-corrected chi connectivity index (χ0v) is 22.0. The lowest BCUT2D eigenvalue weighted by atomic mass is 10.2. The van der Waals surface area contributed by atoms with Gasteiger partial charge < -0.3 is 14.0 Å². The Kier molecular flexibility index (Phi) is 8.14. The summed E-state index contributed by atoms with van der Waals surface area (Å²) in [6, 6.07) is 12.3. The Labute approximate surface area is 215 Å². The summed E-state index contributed by atoms with van der Waals surface area (Å²) in [7, 11) is -6.07. The Morgan fingerprint density at radius 2 is 1.73 bits per heavy atom. The molecule has 0 unspecified atom stereocenters. The van der Waals surface area contributed by atoms with Crippen LogP contribution in [-0.2, 0) is 36.2 Å². The molecule has 1 N–H and O–H groups in total. The quantitative estimate of drug-likeness (QED) is 0.358. The molecule has 0 bridgehead atoms. The van der Waals surface area contributed by atoms with Crippen LogP contribution in [0.5, 0.6) is 5.75 Å². The largest absolute Gasteiger partial charge is 0.487 e. The van der Waals surface area contributed by atoms with E-state index in [1.54, 1.807) is 11.0 Å². The summed E-state index contributed by atoms with van der Waals surface area (Å²) < 4.78 is 68.9. The molecule has 1 aromatic heterocycles. The number of aromatic nitrogens is 1. The van der Waals surface area contributed by atoms with Crippen molar-refractivity contribution >= 4 is 37.0 Å². The molecule has 0 saturated carbocycles. The van der Waals surface area contributed by atoms with Gasteiger partial charge in [0.05, 0.1) is 18.3 Å². The summed E-state index contributed by atoms with van der Waals surface area (Å²) in [6.45, 7) is 0.846. The van der Waals surface area contributed by atoms with Crippen molar-refractivity contribution in [1.29, 1.82) is 0 Å². The van der Waals surface area contributed by atoms with Gasteiger partial charge in [-0.2, -0.15) is 4.31 Å². The molecular formula is C23H28N4O8S2. The number of para-hydroxylation sites is 1. The maximum Gasteiger partial charge on any atom is 0.324 e. The molecule has 1 saturated heterocycles. The van der Waals surface area contributed by atoms with Crippen LogP contribution in [0, 0.1) is 0 Å². The van der Waals surface area contributed by atoms with Crippen LogP contribution >= 0.6 is 0 Å². The number of benzene rings is 2. The number of hydrogen-bond acceptors (Lipinski definition) is 10. The minimum absolute atomic E-state index is 0.00255. The number of fused-ring (bicyclic) bond motifs is 1. The fourth-order valence-corrected chi connectivity index (χ4v) is 5.89. The van der Waals surface area contributed by atoms with Crippen molar-refractivity contribution in [3.05, 3.63) is 54.2 Å². The van der Waals surface area contributed by atoms with E-state index in [1.807, 2.05) is 18.2 Å². The minimum atomic E-state index is -3.95. The molecule has 200 valence electrons. The van der Waals surface area contributed by atoms with Crippen molar-refractivity contribution in [2.45, 2.75) is 17.5 Å². The zero-order chi connectivity index (χ0) is 26.6. The van der Waals surface area contributed by atoms with E-state index in [1.165, 1.54) is 35.7 Å². The molecule has 1 atom stereocenters. The number of esters is 1. The van der Waals surface area contributed by atoms with Gasteiger partial charge in [-0.05, 0) is 36.4 Å². The van der Waals surface area contributed by atoms with Crippen LogP contribution in [0.1, 0.15) is 5.69 Å². The molecule has 4 rings (SSSR count). The zero-order valence-electron chi connectivity index (χ0n) is 20.4. The molecular weight excluding hydrogens is 524 g/mol. The Bertz CT molecular complexity index is 1450. The van der Waals surface area contributed by atoms with Gasteiger partial charge in [0.2, 0.25) is 20.0 Å². The van der Waals surface area contributed by atoms with E-state index in [-0.39, 0.29) is 44.2 Å².